The number of ether oxygens (including phenoxy) is 1. The number of pyridine rings is 1. The second-order valence-corrected chi connectivity index (χ2v) is 6.92. The van der Waals surface area contributed by atoms with Gasteiger partial charge in [-0.05, 0) is 35.4 Å². The molecule has 1 aromatic carbocycles. The Balaban J connectivity index is 1.67. The van der Waals surface area contributed by atoms with Crippen molar-refractivity contribution in [2.45, 2.75) is 12.7 Å². The molecular formula is C19H17ClF3N5O3. The second kappa shape index (κ2) is 9.65. The fourth-order valence-electron chi connectivity index (χ4n) is 2.83. The van der Waals surface area contributed by atoms with Crippen molar-refractivity contribution in [3.63, 3.8) is 0 Å². The Morgan fingerprint density at radius 2 is 1.97 bits per heavy atom. The van der Waals surface area contributed by atoms with Crippen molar-refractivity contribution in [3.8, 4) is 5.75 Å². The van der Waals surface area contributed by atoms with Gasteiger partial charge in [-0.15, -0.1) is 0 Å². The van der Waals surface area contributed by atoms with Gasteiger partial charge in [0.05, 0.1) is 0 Å². The van der Waals surface area contributed by atoms with Crippen LogP contribution in [0.2, 0.25) is 5.15 Å². The molecule has 1 saturated heterocycles. The molecule has 1 aliphatic rings. The maximum Gasteiger partial charge on any atom is 0.422 e. The standard InChI is InChI=1S/C19H17ClF3N5O3/c20-17-6-3-15(11-24-17)12-27-10-9-26(18(27)25-28(29)30)8-7-14-1-4-16(5-2-14)31-13-19(21,22)23/h1-8,11H,9-10,12-13H2. The summed E-state index contributed by atoms with van der Waals surface area (Å²) < 4.78 is 41.3. The Hall–Kier alpha value is -3.34. The van der Waals surface area contributed by atoms with E-state index in [0.29, 0.717) is 30.4 Å². The van der Waals surface area contributed by atoms with E-state index in [0.717, 1.165) is 5.56 Å². The first kappa shape index (κ1) is 22.3. The lowest BCUT2D eigenvalue weighted by molar-refractivity contribution is -0.486. The number of guanidine groups is 1. The Morgan fingerprint density at radius 3 is 2.58 bits per heavy atom. The lowest BCUT2D eigenvalue weighted by Gasteiger charge is -2.18. The minimum atomic E-state index is -4.41. The summed E-state index contributed by atoms with van der Waals surface area (Å²) in [6.45, 7) is -0.0249. The van der Waals surface area contributed by atoms with Gasteiger partial charge in [-0.25, -0.2) is 15.1 Å². The highest BCUT2D eigenvalue weighted by Gasteiger charge is 2.29. The first-order chi connectivity index (χ1) is 14.7. The maximum absolute atomic E-state index is 12.2. The van der Waals surface area contributed by atoms with E-state index in [1.807, 2.05) is 0 Å². The molecule has 0 aliphatic carbocycles. The number of hydrogen-bond donors (Lipinski definition) is 0. The summed E-state index contributed by atoms with van der Waals surface area (Å²) in [7, 11) is 0. The van der Waals surface area contributed by atoms with Gasteiger partial charge in [-0.2, -0.15) is 13.2 Å². The third-order valence-electron chi connectivity index (χ3n) is 4.21. The van der Waals surface area contributed by atoms with Gasteiger partial charge < -0.3 is 14.5 Å². The largest absolute Gasteiger partial charge is 0.484 e. The fraction of sp³-hybridized carbons (Fsp3) is 0.263. The van der Waals surface area contributed by atoms with Gasteiger partial charge in [0.2, 0.25) is 0 Å². The Kier molecular flexibility index (Phi) is 6.95. The summed E-state index contributed by atoms with van der Waals surface area (Å²) in [6, 6.07) is 9.42. The highest BCUT2D eigenvalue weighted by molar-refractivity contribution is 6.29. The van der Waals surface area contributed by atoms with E-state index < -0.39 is 17.8 Å². The van der Waals surface area contributed by atoms with E-state index in [9.17, 15) is 23.3 Å². The molecule has 3 rings (SSSR count). The molecule has 0 amide bonds. The minimum Gasteiger partial charge on any atom is -0.484 e. The van der Waals surface area contributed by atoms with Gasteiger partial charge in [0.15, 0.2) is 11.6 Å². The van der Waals surface area contributed by atoms with E-state index in [1.165, 1.54) is 12.1 Å². The molecule has 1 fully saturated rings. The van der Waals surface area contributed by atoms with E-state index in [4.69, 9.17) is 11.6 Å². The number of alkyl halides is 3. The first-order valence-electron chi connectivity index (χ1n) is 9.02. The Morgan fingerprint density at radius 1 is 1.23 bits per heavy atom. The Labute approximate surface area is 180 Å². The molecule has 12 heteroatoms. The fourth-order valence-corrected chi connectivity index (χ4v) is 2.94. The van der Waals surface area contributed by atoms with Crippen molar-refractivity contribution >= 4 is 23.6 Å². The number of hydrazone groups is 1. The highest BCUT2D eigenvalue weighted by Crippen LogP contribution is 2.20. The van der Waals surface area contributed by atoms with Crippen LogP contribution in [-0.4, -0.2) is 51.6 Å². The molecular weight excluding hydrogens is 439 g/mol. The normalized spacial score (nSPS) is 15.8. The van der Waals surface area contributed by atoms with Gasteiger partial charge >= 0.3 is 6.18 Å². The van der Waals surface area contributed by atoms with Gasteiger partial charge in [-0.1, -0.05) is 29.8 Å². The molecule has 0 radical (unpaired) electrons. The van der Waals surface area contributed by atoms with Crippen molar-refractivity contribution in [1.82, 2.24) is 14.8 Å². The number of benzene rings is 1. The van der Waals surface area contributed by atoms with Crippen LogP contribution in [0.25, 0.3) is 6.08 Å². The van der Waals surface area contributed by atoms with Crippen LogP contribution < -0.4 is 4.74 Å². The van der Waals surface area contributed by atoms with Crippen molar-refractivity contribution in [1.29, 1.82) is 0 Å². The van der Waals surface area contributed by atoms with Gasteiger partial charge in [-0.3, -0.25) is 0 Å². The average Bonchev–Trinajstić information content (AvgIpc) is 3.07. The lowest BCUT2D eigenvalue weighted by atomic mass is 10.2. The summed E-state index contributed by atoms with van der Waals surface area (Å²) in [5, 5.41) is 14.1. The third kappa shape index (κ3) is 6.85. The highest BCUT2D eigenvalue weighted by atomic mass is 35.5. The molecule has 8 nitrogen and oxygen atoms in total. The molecule has 0 spiro atoms. The van der Waals surface area contributed by atoms with Crippen LogP contribution in [0.3, 0.4) is 0 Å². The summed E-state index contributed by atoms with van der Waals surface area (Å²) in [5.41, 5.74) is 1.50. The predicted molar refractivity (Wildman–Crippen MR) is 108 cm³/mol. The minimum absolute atomic E-state index is 0.0917. The average molecular weight is 456 g/mol. The van der Waals surface area contributed by atoms with Gasteiger partial charge in [0.1, 0.15) is 16.0 Å². The van der Waals surface area contributed by atoms with Crippen molar-refractivity contribution in [3.05, 3.63) is 75.2 Å². The van der Waals surface area contributed by atoms with Crippen molar-refractivity contribution < 1.29 is 22.9 Å². The number of hydrogen-bond acceptors (Lipinski definition) is 4. The van der Waals surface area contributed by atoms with Crippen LogP contribution in [0.1, 0.15) is 11.1 Å². The smallest absolute Gasteiger partial charge is 0.422 e. The van der Waals surface area contributed by atoms with Crippen LogP contribution in [0.15, 0.2) is 53.9 Å². The van der Waals surface area contributed by atoms with Crippen LogP contribution >= 0.6 is 11.6 Å². The third-order valence-corrected chi connectivity index (χ3v) is 4.44. The molecule has 0 atom stereocenters. The number of nitro groups is 1. The van der Waals surface area contributed by atoms with E-state index in [2.05, 4.69) is 14.8 Å². The van der Waals surface area contributed by atoms with Crippen LogP contribution in [0.4, 0.5) is 13.2 Å². The van der Waals surface area contributed by atoms with Crippen LogP contribution in [0, 0.1) is 10.1 Å². The first-order valence-corrected chi connectivity index (χ1v) is 9.40. The zero-order valence-corrected chi connectivity index (χ0v) is 16.8. The molecule has 1 aliphatic heterocycles. The van der Waals surface area contributed by atoms with Crippen LogP contribution in [-0.2, 0) is 6.54 Å². The van der Waals surface area contributed by atoms with Crippen molar-refractivity contribution in [2.24, 2.45) is 5.10 Å². The lowest BCUT2D eigenvalue weighted by Crippen LogP contribution is -2.31. The van der Waals surface area contributed by atoms with Crippen LogP contribution in [0.5, 0.6) is 5.75 Å². The quantitative estimate of drug-likeness (QED) is 0.356. The van der Waals surface area contributed by atoms with Gasteiger partial charge in [0, 0.05) is 32.0 Å². The SMILES string of the molecule is O=[N+]([O-])N=C1N(C=Cc2ccc(OCC(F)(F)F)cc2)CCN1Cc1ccc(Cl)nc1. The summed E-state index contributed by atoms with van der Waals surface area (Å²) >= 11 is 5.78. The van der Waals surface area contributed by atoms with Gasteiger partial charge in [0.25, 0.3) is 5.96 Å². The monoisotopic (exact) mass is 455 g/mol. The molecule has 2 aromatic rings. The molecule has 0 N–H and O–H groups in total. The molecule has 164 valence electrons. The number of rotatable bonds is 7. The summed E-state index contributed by atoms with van der Waals surface area (Å²) in [6.07, 6.45) is 0.492. The number of nitrogens with zero attached hydrogens (tertiary/aromatic N) is 5. The Bertz CT molecular complexity index is 965. The number of halogens is 4. The molecule has 0 unspecified atom stereocenters. The molecule has 1 aromatic heterocycles. The zero-order valence-electron chi connectivity index (χ0n) is 16.0. The molecule has 31 heavy (non-hydrogen) atoms. The molecule has 2 heterocycles. The number of aromatic nitrogens is 1. The topological polar surface area (TPSA) is 84.1 Å². The van der Waals surface area contributed by atoms with E-state index in [1.54, 1.807) is 52.5 Å². The van der Waals surface area contributed by atoms with E-state index in [-0.39, 0.29) is 11.7 Å². The van der Waals surface area contributed by atoms with E-state index >= 15 is 0 Å². The second-order valence-electron chi connectivity index (χ2n) is 6.53. The zero-order chi connectivity index (χ0) is 22.4. The summed E-state index contributed by atoms with van der Waals surface area (Å²) in [4.78, 5) is 18.4. The molecule has 0 bridgehead atoms. The van der Waals surface area contributed by atoms with Crippen molar-refractivity contribution in [2.75, 3.05) is 19.7 Å². The maximum atomic E-state index is 12.2. The molecule has 0 saturated carbocycles. The summed E-state index contributed by atoms with van der Waals surface area (Å²) in [5.74, 6) is 0.260. The predicted octanol–water partition coefficient (Wildman–Crippen LogP) is 4.01.